The van der Waals surface area contributed by atoms with Crippen LogP contribution >= 0.6 is 0 Å². The number of carbonyl (C=O) groups excluding carboxylic acids is 2. The van der Waals surface area contributed by atoms with Gasteiger partial charge in [-0.2, -0.15) is 0 Å². The second kappa shape index (κ2) is 16.9. The van der Waals surface area contributed by atoms with Crippen LogP contribution in [0.5, 0.6) is 0 Å². The van der Waals surface area contributed by atoms with Gasteiger partial charge in [0.15, 0.2) is 18.4 Å². The van der Waals surface area contributed by atoms with Crippen LogP contribution in [0.25, 0.3) is 0 Å². The number of methoxy groups -OCH3 is 3. The lowest BCUT2D eigenvalue weighted by Gasteiger charge is -2.42. The van der Waals surface area contributed by atoms with Gasteiger partial charge in [-0.25, -0.2) is 4.79 Å². The second-order valence-corrected chi connectivity index (χ2v) is 13.5. The van der Waals surface area contributed by atoms with Crippen molar-refractivity contribution in [3.63, 3.8) is 0 Å². The number of ketones is 1. The van der Waals surface area contributed by atoms with Gasteiger partial charge >= 0.3 is 5.97 Å². The molecule has 3 fully saturated rings. The molecule has 14 heteroatoms. The molecule has 3 N–H and O–H groups in total. The van der Waals surface area contributed by atoms with Gasteiger partial charge in [0.1, 0.15) is 42.2 Å². The zero-order valence-corrected chi connectivity index (χ0v) is 29.1. The van der Waals surface area contributed by atoms with Gasteiger partial charge in [0, 0.05) is 45.7 Å². The van der Waals surface area contributed by atoms with Crippen molar-refractivity contribution in [1.82, 2.24) is 0 Å². The highest BCUT2D eigenvalue weighted by molar-refractivity contribution is 5.96. The molecule has 0 aromatic rings. The monoisotopic (exact) mass is 686 g/mol. The summed E-state index contributed by atoms with van der Waals surface area (Å²) in [5.74, 6) is -2.00. The van der Waals surface area contributed by atoms with Gasteiger partial charge in [-0.1, -0.05) is 13.0 Å². The smallest absolute Gasteiger partial charge is 0.330 e. The highest BCUT2D eigenvalue weighted by Gasteiger charge is 2.49. The molecule has 4 aliphatic heterocycles. The molecule has 0 radical (unpaired) electrons. The van der Waals surface area contributed by atoms with Crippen molar-refractivity contribution in [2.45, 2.75) is 139 Å². The van der Waals surface area contributed by atoms with E-state index in [4.69, 9.17) is 42.6 Å². The van der Waals surface area contributed by atoms with Crippen LogP contribution < -0.4 is 0 Å². The normalized spacial score (nSPS) is 47.5. The molecule has 0 aromatic heterocycles. The lowest BCUT2D eigenvalue weighted by atomic mass is 9.89. The van der Waals surface area contributed by atoms with E-state index in [0.717, 1.165) is 0 Å². The van der Waals surface area contributed by atoms with E-state index in [1.807, 2.05) is 13.8 Å². The molecule has 0 spiro atoms. The zero-order chi connectivity index (χ0) is 35.3. The van der Waals surface area contributed by atoms with Gasteiger partial charge in [-0.3, -0.25) is 4.79 Å². The third-order valence-electron chi connectivity index (χ3n) is 9.85. The molecule has 0 aliphatic carbocycles. The molecule has 14 nitrogen and oxygen atoms in total. The first kappa shape index (κ1) is 39.0. The van der Waals surface area contributed by atoms with Crippen LogP contribution in [-0.4, -0.2) is 140 Å². The molecule has 0 saturated carbocycles. The first-order valence-corrected chi connectivity index (χ1v) is 16.7. The number of ether oxygens (including phenoxy) is 9. The topological polar surface area (TPSA) is 181 Å². The number of fused-ring (bicyclic) bond motifs is 1. The van der Waals surface area contributed by atoms with E-state index in [0.29, 0.717) is 6.42 Å². The van der Waals surface area contributed by atoms with Crippen molar-refractivity contribution in [2.75, 3.05) is 27.9 Å². The van der Waals surface area contributed by atoms with Crippen LogP contribution in [0, 0.1) is 11.8 Å². The van der Waals surface area contributed by atoms with E-state index in [1.165, 1.54) is 40.4 Å². The molecule has 16 atom stereocenters. The van der Waals surface area contributed by atoms with E-state index in [2.05, 4.69) is 0 Å². The Balaban J connectivity index is 1.53. The van der Waals surface area contributed by atoms with Gasteiger partial charge in [-0.05, 0) is 52.7 Å². The SMILES string of the molecule is CO[C@@H]1[C@H](O)[C@@H](C)O[C@@H](OC[C@H]2[C@@H]3O[C@H]3/C=C\C(=O)[C@@](C)(O)CC[C@H](O[C@@H]3O[C@H](C)C[C@H](OC)[C@H]3O)[C@@H](C)/C=C\C(=O)O[C@@H]2C)[C@@H]1OC. The summed E-state index contributed by atoms with van der Waals surface area (Å²) in [5, 5.41) is 32.5. The molecular formula is C34H54O14. The maximum atomic E-state index is 13.2. The van der Waals surface area contributed by atoms with Crippen LogP contribution in [0.15, 0.2) is 24.3 Å². The summed E-state index contributed by atoms with van der Waals surface area (Å²) in [7, 11) is 4.45. The average Bonchev–Trinajstić information content (AvgIpc) is 3.81. The van der Waals surface area contributed by atoms with Crippen molar-refractivity contribution < 1.29 is 67.5 Å². The molecule has 274 valence electrons. The fourth-order valence-electron chi connectivity index (χ4n) is 6.53. The predicted octanol–water partition coefficient (Wildman–Crippen LogP) is 1.21. The van der Waals surface area contributed by atoms with Crippen molar-refractivity contribution in [2.24, 2.45) is 11.8 Å². The van der Waals surface area contributed by atoms with Crippen molar-refractivity contribution in [3.8, 4) is 0 Å². The quantitative estimate of drug-likeness (QED) is 0.245. The lowest BCUT2D eigenvalue weighted by Crippen LogP contribution is -2.59. The molecule has 3 saturated heterocycles. The lowest BCUT2D eigenvalue weighted by molar-refractivity contribution is -0.305. The highest BCUT2D eigenvalue weighted by atomic mass is 16.7. The largest absolute Gasteiger partial charge is 0.459 e. The Morgan fingerprint density at radius 2 is 1.56 bits per heavy atom. The second-order valence-electron chi connectivity index (χ2n) is 13.5. The van der Waals surface area contributed by atoms with Crippen molar-refractivity contribution >= 4 is 11.8 Å². The van der Waals surface area contributed by atoms with Crippen molar-refractivity contribution in [1.29, 1.82) is 0 Å². The van der Waals surface area contributed by atoms with Crippen LogP contribution in [0.3, 0.4) is 0 Å². The summed E-state index contributed by atoms with van der Waals surface area (Å²) in [6.07, 6.45) is -2.35. The van der Waals surface area contributed by atoms with Gasteiger partial charge in [0.2, 0.25) is 0 Å². The first-order valence-electron chi connectivity index (χ1n) is 16.7. The zero-order valence-electron chi connectivity index (χ0n) is 29.1. The molecule has 0 amide bonds. The molecule has 0 unspecified atom stereocenters. The standard InChI is InChI=1S/C34H54O14/c1-17-9-12-26(36)45-19(3)21(16-43-33-31(42-8)30(41-7)27(37)20(4)46-33)29-23(47-29)10-11-25(35)34(5,39)14-13-22(17)48-32-28(38)24(40-6)15-18(2)44-32/h9-12,17-24,27-33,37-39H,13-16H2,1-8H3/b11-10-,12-9-/t17-,18+,19+,20+,21+,22-,23-,24-,27+,28+,29-,30+,31+,32-,33+,34-/m0/s1. The van der Waals surface area contributed by atoms with E-state index >= 15 is 0 Å². The number of epoxide rings is 1. The predicted molar refractivity (Wildman–Crippen MR) is 169 cm³/mol. The van der Waals surface area contributed by atoms with Crippen LogP contribution in [-0.2, 0) is 52.2 Å². The maximum absolute atomic E-state index is 13.2. The van der Waals surface area contributed by atoms with Gasteiger partial charge in [-0.15, -0.1) is 0 Å². The fourth-order valence-corrected chi connectivity index (χ4v) is 6.53. The minimum atomic E-state index is -1.72. The molecule has 4 rings (SSSR count). The molecule has 48 heavy (non-hydrogen) atoms. The third-order valence-corrected chi connectivity index (χ3v) is 9.85. The van der Waals surface area contributed by atoms with Crippen molar-refractivity contribution in [3.05, 3.63) is 24.3 Å². The Hall–Kier alpha value is -1.82. The van der Waals surface area contributed by atoms with E-state index in [9.17, 15) is 24.9 Å². The number of aliphatic hydroxyl groups is 3. The Morgan fingerprint density at radius 3 is 2.23 bits per heavy atom. The summed E-state index contributed by atoms with van der Waals surface area (Å²) in [6.45, 7) is 8.58. The summed E-state index contributed by atoms with van der Waals surface area (Å²) in [6, 6.07) is 0. The summed E-state index contributed by atoms with van der Waals surface area (Å²) in [4.78, 5) is 26.3. The van der Waals surface area contributed by atoms with Gasteiger partial charge < -0.3 is 58.0 Å². The third kappa shape index (κ3) is 9.49. The van der Waals surface area contributed by atoms with Crippen LogP contribution in [0.2, 0.25) is 0 Å². The number of hydrogen-bond donors (Lipinski definition) is 3. The number of rotatable bonds is 8. The Kier molecular flexibility index (Phi) is 13.7. The van der Waals surface area contributed by atoms with Gasteiger partial charge in [0.05, 0.1) is 37.1 Å². The molecule has 0 bridgehead atoms. The average molecular weight is 687 g/mol. The number of hydrogen-bond acceptors (Lipinski definition) is 14. The van der Waals surface area contributed by atoms with E-state index in [1.54, 1.807) is 26.0 Å². The summed E-state index contributed by atoms with van der Waals surface area (Å²) < 4.78 is 52.3. The van der Waals surface area contributed by atoms with Gasteiger partial charge in [0.25, 0.3) is 0 Å². The highest BCUT2D eigenvalue weighted by Crippen LogP contribution is 2.36. The number of aliphatic hydroxyl groups excluding tert-OH is 2. The summed E-state index contributed by atoms with van der Waals surface area (Å²) >= 11 is 0. The maximum Gasteiger partial charge on any atom is 0.330 e. The summed E-state index contributed by atoms with van der Waals surface area (Å²) in [5.41, 5.74) is -1.72. The van der Waals surface area contributed by atoms with E-state index < -0.39 is 103 Å². The number of esters is 1. The first-order chi connectivity index (χ1) is 22.7. The van der Waals surface area contributed by atoms with Crippen LogP contribution in [0.4, 0.5) is 0 Å². The van der Waals surface area contributed by atoms with Crippen LogP contribution in [0.1, 0.15) is 53.9 Å². The Labute approximate surface area is 282 Å². The molecular weight excluding hydrogens is 632 g/mol. The number of cyclic esters (lactones) is 1. The minimum Gasteiger partial charge on any atom is -0.459 e. The number of carbonyl (C=O) groups is 2. The molecule has 0 aromatic carbocycles. The fraction of sp³-hybridized carbons (Fsp3) is 0.824. The Bertz CT molecular complexity index is 1130. The molecule has 4 heterocycles. The Morgan fingerprint density at radius 1 is 0.854 bits per heavy atom. The van der Waals surface area contributed by atoms with E-state index in [-0.39, 0.29) is 25.6 Å². The minimum absolute atomic E-state index is 0.0273. The molecule has 4 aliphatic rings.